The number of hydrogen-bond acceptors (Lipinski definition) is 3. The highest BCUT2D eigenvalue weighted by Crippen LogP contribution is 2.27. The number of amides is 1. The summed E-state index contributed by atoms with van der Waals surface area (Å²) in [6.07, 6.45) is 0.629. The minimum atomic E-state index is -3.65. The van der Waals surface area contributed by atoms with Gasteiger partial charge in [0.2, 0.25) is 10.0 Å². The lowest BCUT2D eigenvalue weighted by Crippen LogP contribution is -2.26. The molecular weight excluding hydrogens is 384 g/mol. The van der Waals surface area contributed by atoms with E-state index in [9.17, 15) is 13.2 Å². The fourth-order valence-corrected chi connectivity index (χ4v) is 4.29. The Morgan fingerprint density at radius 1 is 0.828 bits per heavy atom. The minimum absolute atomic E-state index is 0.0933. The smallest absolute Gasteiger partial charge is 0.251 e. The van der Waals surface area contributed by atoms with E-state index in [0.29, 0.717) is 18.5 Å². The Balaban J connectivity index is 1.71. The maximum absolute atomic E-state index is 12.6. The molecule has 0 unspecified atom stereocenters. The van der Waals surface area contributed by atoms with Gasteiger partial charge in [-0.05, 0) is 41.8 Å². The lowest BCUT2D eigenvalue weighted by Gasteiger charge is -2.18. The average Bonchev–Trinajstić information content (AvgIpc) is 2.77. The van der Waals surface area contributed by atoms with Crippen molar-refractivity contribution < 1.29 is 13.2 Å². The standard InChI is InChI=1S/C23H24N2O3S/c1-24-23(26)20-12-14-21(15-13-20)29(27,28)25-17-16-22(18-8-4-2-5-9-18)19-10-6-3-7-11-19/h2-15,22,25H,16-17H2,1H3,(H,24,26). The highest BCUT2D eigenvalue weighted by molar-refractivity contribution is 7.89. The molecule has 5 nitrogen and oxygen atoms in total. The van der Waals surface area contributed by atoms with Gasteiger partial charge in [0, 0.05) is 25.1 Å². The van der Waals surface area contributed by atoms with Gasteiger partial charge in [-0.2, -0.15) is 0 Å². The molecule has 0 aromatic heterocycles. The molecule has 0 bridgehead atoms. The molecular formula is C23H24N2O3S. The summed E-state index contributed by atoms with van der Waals surface area (Å²) < 4.78 is 27.9. The number of carbonyl (C=O) groups excluding carboxylic acids is 1. The third kappa shape index (κ3) is 5.31. The van der Waals surface area contributed by atoms with E-state index in [0.717, 1.165) is 11.1 Å². The Hall–Kier alpha value is -2.96. The van der Waals surface area contributed by atoms with Gasteiger partial charge in [-0.3, -0.25) is 4.79 Å². The third-order valence-corrected chi connectivity index (χ3v) is 6.26. The SMILES string of the molecule is CNC(=O)c1ccc(S(=O)(=O)NCCC(c2ccccc2)c2ccccc2)cc1. The number of nitrogens with one attached hydrogen (secondary N) is 2. The molecule has 0 aliphatic heterocycles. The zero-order valence-electron chi connectivity index (χ0n) is 16.2. The van der Waals surface area contributed by atoms with Crippen molar-refractivity contribution in [3.05, 3.63) is 102 Å². The van der Waals surface area contributed by atoms with Crippen LogP contribution in [0.1, 0.15) is 33.8 Å². The largest absolute Gasteiger partial charge is 0.355 e. The zero-order valence-corrected chi connectivity index (χ0v) is 17.0. The number of benzene rings is 3. The minimum Gasteiger partial charge on any atom is -0.355 e. The summed E-state index contributed by atoms with van der Waals surface area (Å²) >= 11 is 0. The molecule has 3 aromatic rings. The van der Waals surface area contributed by atoms with Crippen LogP contribution >= 0.6 is 0 Å². The molecule has 1 amide bonds. The van der Waals surface area contributed by atoms with Crippen LogP contribution in [0.3, 0.4) is 0 Å². The summed E-state index contributed by atoms with van der Waals surface area (Å²) in [6, 6.07) is 26.0. The topological polar surface area (TPSA) is 75.3 Å². The summed E-state index contributed by atoms with van der Waals surface area (Å²) in [6.45, 7) is 0.300. The maximum Gasteiger partial charge on any atom is 0.251 e. The van der Waals surface area contributed by atoms with E-state index in [1.54, 1.807) is 0 Å². The monoisotopic (exact) mass is 408 g/mol. The highest BCUT2D eigenvalue weighted by atomic mass is 32.2. The van der Waals surface area contributed by atoms with Crippen LogP contribution in [0.2, 0.25) is 0 Å². The lowest BCUT2D eigenvalue weighted by molar-refractivity contribution is 0.0963. The normalized spacial score (nSPS) is 11.4. The molecule has 0 aliphatic carbocycles. The Morgan fingerprint density at radius 2 is 1.34 bits per heavy atom. The second-order valence-electron chi connectivity index (χ2n) is 6.66. The van der Waals surface area contributed by atoms with Crippen LogP contribution < -0.4 is 10.0 Å². The molecule has 0 atom stereocenters. The molecule has 3 aromatic carbocycles. The summed E-state index contributed by atoms with van der Waals surface area (Å²) in [7, 11) is -2.12. The van der Waals surface area contributed by atoms with Gasteiger partial charge < -0.3 is 5.32 Å². The molecule has 29 heavy (non-hydrogen) atoms. The van der Waals surface area contributed by atoms with E-state index < -0.39 is 10.0 Å². The molecule has 6 heteroatoms. The van der Waals surface area contributed by atoms with Crippen molar-refractivity contribution in [3.8, 4) is 0 Å². The molecule has 0 heterocycles. The molecule has 3 rings (SSSR count). The molecule has 2 N–H and O–H groups in total. The highest BCUT2D eigenvalue weighted by Gasteiger charge is 2.18. The first-order valence-electron chi connectivity index (χ1n) is 9.43. The second kappa shape index (κ2) is 9.49. The van der Waals surface area contributed by atoms with Crippen molar-refractivity contribution >= 4 is 15.9 Å². The summed E-state index contributed by atoms with van der Waals surface area (Å²) in [5.74, 6) is -0.161. The Morgan fingerprint density at radius 3 is 1.83 bits per heavy atom. The van der Waals surface area contributed by atoms with E-state index >= 15 is 0 Å². The fourth-order valence-electron chi connectivity index (χ4n) is 3.25. The van der Waals surface area contributed by atoms with Crippen LogP contribution in [0, 0.1) is 0 Å². The number of rotatable bonds is 8. The van der Waals surface area contributed by atoms with E-state index in [2.05, 4.69) is 34.3 Å². The average molecular weight is 409 g/mol. The van der Waals surface area contributed by atoms with Gasteiger partial charge in [0.05, 0.1) is 4.90 Å². The van der Waals surface area contributed by atoms with Gasteiger partial charge in [0.25, 0.3) is 5.91 Å². The van der Waals surface area contributed by atoms with Crippen LogP contribution in [0.4, 0.5) is 0 Å². The van der Waals surface area contributed by atoms with Crippen LogP contribution in [0.5, 0.6) is 0 Å². The number of hydrogen-bond donors (Lipinski definition) is 2. The zero-order chi connectivity index (χ0) is 20.7. The first-order chi connectivity index (χ1) is 14.0. The van der Waals surface area contributed by atoms with Crippen molar-refractivity contribution in [1.82, 2.24) is 10.0 Å². The summed E-state index contributed by atoms with van der Waals surface area (Å²) in [4.78, 5) is 11.8. The van der Waals surface area contributed by atoms with Gasteiger partial charge in [-0.15, -0.1) is 0 Å². The first-order valence-corrected chi connectivity index (χ1v) is 10.9. The lowest BCUT2D eigenvalue weighted by atomic mass is 9.89. The molecule has 0 aliphatic rings. The Kier molecular flexibility index (Phi) is 6.80. The third-order valence-electron chi connectivity index (χ3n) is 4.78. The molecule has 0 spiro atoms. The van der Waals surface area contributed by atoms with E-state index in [1.165, 1.54) is 31.3 Å². The van der Waals surface area contributed by atoms with Crippen LogP contribution in [-0.2, 0) is 10.0 Å². The van der Waals surface area contributed by atoms with Gasteiger partial charge in [0.15, 0.2) is 0 Å². The van der Waals surface area contributed by atoms with Gasteiger partial charge >= 0.3 is 0 Å². The molecule has 0 saturated carbocycles. The van der Waals surface area contributed by atoms with E-state index in [4.69, 9.17) is 0 Å². The van der Waals surface area contributed by atoms with Gasteiger partial charge in [-0.25, -0.2) is 13.1 Å². The van der Waals surface area contributed by atoms with Crippen LogP contribution in [0.25, 0.3) is 0 Å². The molecule has 150 valence electrons. The Labute approximate surface area is 171 Å². The quantitative estimate of drug-likeness (QED) is 0.599. The second-order valence-corrected chi connectivity index (χ2v) is 8.43. The molecule has 0 fully saturated rings. The van der Waals surface area contributed by atoms with Crippen LogP contribution in [0.15, 0.2) is 89.8 Å². The van der Waals surface area contributed by atoms with E-state index in [-0.39, 0.29) is 16.7 Å². The molecule has 0 saturated heterocycles. The number of sulfonamides is 1. The summed E-state index contributed by atoms with van der Waals surface area (Å²) in [5, 5.41) is 2.51. The molecule has 0 radical (unpaired) electrons. The fraction of sp³-hybridized carbons (Fsp3) is 0.174. The van der Waals surface area contributed by atoms with Crippen molar-refractivity contribution in [2.24, 2.45) is 0 Å². The predicted molar refractivity (Wildman–Crippen MR) is 114 cm³/mol. The first kappa shape index (κ1) is 20.8. The maximum atomic E-state index is 12.6. The van der Waals surface area contributed by atoms with Gasteiger partial charge in [-0.1, -0.05) is 60.7 Å². The summed E-state index contributed by atoms with van der Waals surface area (Å²) in [5.41, 5.74) is 2.71. The van der Waals surface area contributed by atoms with Crippen molar-refractivity contribution in [2.75, 3.05) is 13.6 Å². The predicted octanol–water partition coefficient (Wildman–Crippen LogP) is 3.55. The van der Waals surface area contributed by atoms with E-state index in [1.807, 2.05) is 36.4 Å². The van der Waals surface area contributed by atoms with Crippen molar-refractivity contribution in [2.45, 2.75) is 17.2 Å². The van der Waals surface area contributed by atoms with Crippen molar-refractivity contribution in [3.63, 3.8) is 0 Å². The van der Waals surface area contributed by atoms with Crippen LogP contribution in [-0.4, -0.2) is 27.9 Å². The van der Waals surface area contributed by atoms with Gasteiger partial charge in [0.1, 0.15) is 0 Å². The Bertz CT molecular complexity index is 995. The number of carbonyl (C=O) groups is 1. The van der Waals surface area contributed by atoms with Crippen molar-refractivity contribution in [1.29, 1.82) is 0 Å².